The van der Waals surface area contributed by atoms with Gasteiger partial charge >= 0.3 is 5.69 Å². The first kappa shape index (κ1) is 14.6. The fourth-order valence-corrected chi connectivity index (χ4v) is 2.12. The highest BCUT2D eigenvalue weighted by molar-refractivity contribution is 6.44. The van der Waals surface area contributed by atoms with E-state index in [-0.39, 0.29) is 30.3 Å². The number of amides is 2. The van der Waals surface area contributed by atoms with Gasteiger partial charge in [0.25, 0.3) is 5.91 Å². The molecule has 116 valence electrons. The summed E-state index contributed by atoms with van der Waals surface area (Å²) in [5.41, 5.74) is 0.250. The summed E-state index contributed by atoms with van der Waals surface area (Å²) in [6.45, 7) is 0. The first-order valence-corrected chi connectivity index (χ1v) is 6.95. The van der Waals surface area contributed by atoms with E-state index in [1.165, 1.54) is 17.3 Å². The molecule has 2 N–H and O–H groups in total. The topological polar surface area (TPSA) is 108 Å². The van der Waals surface area contributed by atoms with Crippen molar-refractivity contribution in [1.82, 2.24) is 9.97 Å². The first-order valence-electron chi connectivity index (χ1n) is 6.95. The zero-order valence-corrected chi connectivity index (χ0v) is 12.0. The van der Waals surface area contributed by atoms with Gasteiger partial charge in [-0.05, 0) is 18.2 Å². The van der Waals surface area contributed by atoms with Crippen LogP contribution in [0.2, 0.25) is 0 Å². The second kappa shape index (κ2) is 6.22. The fourth-order valence-electron chi connectivity index (χ4n) is 2.12. The van der Waals surface area contributed by atoms with Gasteiger partial charge in [0.05, 0.1) is 5.69 Å². The number of H-pyrrole nitrogens is 1. The third-order valence-corrected chi connectivity index (χ3v) is 3.22. The molecule has 23 heavy (non-hydrogen) atoms. The summed E-state index contributed by atoms with van der Waals surface area (Å²) in [5, 5.41) is 7.88. The molecule has 1 aromatic heterocycles. The summed E-state index contributed by atoms with van der Waals surface area (Å²) in [5.74, 6) is -0.425. The van der Waals surface area contributed by atoms with Crippen molar-refractivity contribution in [2.24, 2.45) is 5.10 Å². The number of hydrazone groups is 1. The molecule has 0 saturated heterocycles. The van der Waals surface area contributed by atoms with Crippen LogP contribution in [0.4, 0.5) is 11.5 Å². The summed E-state index contributed by atoms with van der Waals surface area (Å²) in [7, 11) is 0. The van der Waals surface area contributed by atoms with Crippen LogP contribution in [0.15, 0.2) is 52.5 Å². The summed E-state index contributed by atoms with van der Waals surface area (Å²) in [6.07, 6.45) is 1.72. The minimum absolute atomic E-state index is 0.176. The lowest BCUT2D eigenvalue weighted by atomic mass is 10.1. The number of aromatic nitrogens is 2. The molecule has 0 aliphatic carbocycles. The maximum absolute atomic E-state index is 12.2. The van der Waals surface area contributed by atoms with Crippen LogP contribution in [0.5, 0.6) is 0 Å². The van der Waals surface area contributed by atoms with Gasteiger partial charge in [0.1, 0.15) is 11.5 Å². The lowest BCUT2D eigenvalue weighted by molar-refractivity contribution is -0.118. The minimum Gasteiger partial charge on any atom is -0.307 e. The summed E-state index contributed by atoms with van der Waals surface area (Å²) >= 11 is 0. The molecule has 1 aromatic carbocycles. The number of nitrogens with one attached hydrogen (secondary N) is 2. The number of anilines is 2. The Bertz CT molecular complexity index is 828. The van der Waals surface area contributed by atoms with E-state index in [1.807, 2.05) is 6.07 Å². The molecular weight excluding hydrogens is 298 g/mol. The molecule has 3 rings (SSSR count). The quantitative estimate of drug-likeness (QED) is 0.877. The summed E-state index contributed by atoms with van der Waals surface area (Å²) in [4.78, 5) is 41.2. The second-order valence-electron chi connectivity index (χ2n) is 4.83. The highest BCUT2D eigenvalue weighted by atomic mass is 16.2. The Kier molecular flexibility index (Phi) is 3.96. The average molecular weight is 311 g/mol. The summed E-state index contributed by atoms with van der Waals surface area (Å²) in [6, 6.07) is 10.3. The van der Waals surface area contributed by atoms with Crippen molar-refractivity contribution in [3.8, 4) is 0 Å². The van der Waals surface area contributed by atoms with E-state index in [4.69, 9.17) is 0 Å². The van der Waals surface area contributed by atoms with E-state index in [0.717, 1.165) is 0 Å². The molecule has 8 nitrogen and oxygen atoms in total. The lowest BCUT2D eigenvalue weighted by Gasteiger charge is -2.23. The largest absolute Gasteiger partial charge is 0.346 e. The highest BCUT2D eigenvalue weighted by Crippen LogP contribution is 2.19. The molecular formula is C15H13N5O3. The molecule has 0 saturated carbocycles. The standard InChI is InChI=1S/C15H13N5O3/c21-13-7-6-11(19-20(13)10-4-2-1-3-5-10)14(22)17-12-8-9-16-15(23)18-12/h1-5,8-9H,6-7H2,(H2,16,17,18,22,23). The number of hydrogen-bond donors (Lipinski definition) is 2. The van der Waals surface area contributed by atoms with Gasteiger partial charge < -0.3 is 5.32 Å². The van der Waals surface area contributed by atoms with E-state index >= 15 is 0 Å². The number of aromatic amines is 1. The Morgan fingerprint density at radius 3 is 2.65 bits per heavy atom. The zero-order chi connectivity index (χ0) is 16.2. The van der Waals surface area contributed by atoms with E-state index in [9.17, 15) is 14.4 Å². The average Bonchev–Trinajstić information content (AvgIpc) is 2.56. The van der Waals surface area contributed by atoms with Crippen LogP contribution >= 0.6 is 0 Å². The van der Waals surface area contributed by atoms with Crippen molar-refractivity contribution >= 4 is 29.0 Å². The molecule has 2 amide bonds. The maximum Gasteiger partial charge on any atom is 0.346 e. The van der Waals surface area contributed by atoms with Crippen LogP contribution in [0.3, 0.4) is 0 Å². The van der Waals surface area contributed by atoms with Crippen LogP contribution in [0.1, 0.15) is 12.8 Å². The monoisotopic (exact) mass is 311 g/mol. The van der Waals surface area contributed by atoms with Crippen LogP contribution < -0.4 is 16.0 Å². The van der Waals surface area contributed by atoms with Gasteiger partial charge in [-0.2, -0.15) is 5.10 Å². The predicted molar refractivity (Wildman–Crippen MR) is 84.1 cm³/mol. The number of para-hydroxylation sites is 1. The SMILES string of the molecule is O=C(Nc1ccnc(=O)[nH]1)C1=NN(c2ccccc2)C(=O)CC1. The van der Waals surface area contributed by atoms with Crippen LogP contribution in [0, 0.1) is 0 Å². The molecule has 0 atom stereocenters. The van der Waals surface area contributed by atoms with Crippen molar-refractivity contribution < 1.29 is 9.59 Å². The van der Waals surface area contributed by atoms with Gasteiger partial charge in [-0.3, -0.25) is 14.6 Å². The molecule has 8 heteroatoms. The smallest absolute Gasteiger partial charge is 0.307 e. The van der Waals surface area contributed by atoms with Crippen LogP contribution in [0.25, 0.3) is 0 Å². The Morgan fingerprint density at radius 2 is 1.91 bits per heavy atom. The van der Waals surface area contributed by atoms with Crippen molar-refractivity contribution in [3.05, 3.63) is 53.1 Å². The van der Waals surface area contributed by atoms with Crippen molar-refractivity contribution in [2.75, 3.05) is 10.3 Å². The Balaban J connectivity index is 1.83. The number of carbonyl (C=O) groups excluding carboxylic acids is 2. The number of carbonyl (C=O) groups is 2. The van der Waals surface area contributed by atoms with Crippen molar-refractivity contribution in [3.63, 3.8) is 0 Å². The van der Waals surface area contributed by atoms with E-state index in [0.29, 0.717) is 5.69 Å². The zero-order valence-electron chi connectivity index (χ0n) is 12.0. The van der Waals surface area contributed by atoms with E-state index in [1.54, 1.807) is 24.3 Å². The molecule has 0 fully saturated rings. The molecule has 2 aromatic rings. The molecule has 0 bridgehead atoms. The van der Waals surface area contributed by atoms with Gasteiger partial charge in [0.2, 0.25) is 5.91 Å². The van der Waals surface area contributed by atoms with Gasteiger partial charge in [0.15, 0.2) is 0 Å². The Morgan fingerprint density at radius 1 is 1.13 bits per heavy atom. The minimum atomic E-state index is -0.561. The molecule has 2 heterocycles. The maximum atomic E-state index is 12.2. The van der Waals surface area contributed by atoms with Crippen LogP contribution in [-0.4, -0.2) is 27.5 Å². The second-order valence-corrected chi connectivity index (χ2v) is 4.83. The normalized spacial score (nSPS) is 14.3. The van der Waals surface area contributed by atoms with Crippen molar-refractivity contribution in [2.45, 2.75) is 12.8 Å². The Labute approximate surface area is 130 Å². The first-order chi connectivity index (χ1) is 11.1. The third kappa shape index (κ3) is 3.31. The highest BCUT2D eigenvalue weighted by Gasteiger charge is 2.25. The predicted octanol–water partition coefficient (Wildman–Crippen LogP) is 0.891. The lowest BCUT2D eigenvalue weighted by Crippen LogP contribution is -2.36. The van der Waals surface area contributed by atoms with E-state index in [2.05, 4.69) is 20.4 Å². The number of hydrogen-bond acceptors (Lipinski definition) is 5. The molecule has 1 aliphatic rings. The van der Waals surface area contributed by atoms with E-state index < -0.39 is 11.6 Å². The third-order valence-electron chi connectivity index (χ3n) is 3.22. The van der Waals surface area contributed by atoms with Gasteiger partial charge in [-0.1, -0.05) is 18.2 Å². The van der Waals surface area contributed by atoms with Gasteiger partial charge in [0, 0.05) is 19.0 Å². The number of rotatable bonds is 3. The van der Waals surface area contributed by atoms with Gasteiger partial charge in [-0.15, -0.1) is 0 Å². The Hall–Kier alpha value is -3.29. The molecule has 0 unspecified atom stereocenters. The summed E-state index contributed by atoms with van der Waals surface area (Å²) < 4.78 is 0. The van der Waals surface area contributed by atoms with Crippen molar-refractivity contribution in [1.29, 1.82) is 0 Å². The molecule has 0 radical (unpaired) electrons. The van der Waals surface area contributed by atoms with Gasteiger partial charge in [-0.25, -0.2) is 14.8 Å². The molecule has 0 spiro atoms. The fraction of sp³-hybridized carbons (Fsp3) is 0.133. The van der Waals surface area contributed by atoms with Crippen LogP contribution in [-0.2, 0) is 9.59 Å². The molecule has 1 aliphatic heterocycles. The number of nitrogens with zero attached hydrogens (tertiary/aromatic N) is 3. The number of benzene rings is 1.